The smallest absolute Gasteiger partial charge is 0.421 e. The molecule has 8 heteroatoms. The van der Waals surface area contributed by atoms with Crippen molar-refractivity contribution in [3.63, 3.8) is 0 Å². The Morgan fingerprint density at radius 2 is 1.88 bits per heavy atom. The zero-order chi connectivity index (χ0) is 19.2. The van der Waals surface area contributed by atoms with Crippen molar-refractivity contribution in [3.8, 4) is 5.88 Å². The van der Waals surface area contributed by atoms with Gasteiger partial charge in [-0.25, -0.2) is 9.78 Å². The van der Waals surface area contributed by atoms with Crippen LogP contribution in [0.3, 0.4) is 0 Å². The number of methoxy groups -OCH3 is 2. The van der Waals surface area contributed by atoms with Crippen molar-refractivity contribution >= 4 is 11.5 Å². The highest BCUT2D eigenvalue weighted by Crippen LogP contribution is 2.35. The lowest BCUT2D eigenvalue weighted by Crippen LogP contribution is -2.11. The molecular formula is C18H16F3NO4. The average Bonchev–Trinajstić information content (AvgIpc) is 2.63. The second-order valence-electron chi connectivity index (χ2n) is 5.06. The third-order valence-corrected chi connectivity index (χ3v) is 3.39. The average molecular weight is 367 g/mol. The Balaban J connectivity index is 2.33. The van der Waals surface area contributed by atoms with E-state index in [1.807, 2.05) is 0 Å². The zero-order valence-electron chi connectivity index (χ0n) is 14.0. The van der Waals surface area contributed by atoms with Crippen LogP contribution in [0.15, 0.2) is 48.9 Å². The summed E-state index contributed by atoms with van der Waals surface area (Å²) in [4.78, 5) is 15.6. The predicted octanol–water partition coefficient (Wildman–Crippen LogP) is 3.84. The molecule has 2 aromatic rings. The fraction of sp³-hybridized carbons (Fsp3) is 0.222. The van der Waals surface area contributed by atoms with E-state index in [1.54, 1.807) is 24.3 Å². The first-order valence-corrected chi connectivity index (χ1v) is 7.43. The van der Waals surface area contributed by atoms with E-state index in [2.05, 4.69) is 4.98 Å². The standard InChI is InChI=1S/C18H16F3NO4/c1-24-11-14(17(23)25-2)13-7-4-3-6-12(13)10-26-16-15(18(19,20)21)8-5-9-22-16/h3-9,11H,10H2,1-2H3/b14-11+. The first kappa shape index (κ1) is 19.3. The lowest BCUT2D eigenvalue weighted by atomic mass is 10.0. The van der Waals surface area contributed by atoms with Gasteiger partial charge in [0.15, 0.2) is 0 Å². The highest BCUT2D eigenvalue weighted by molar-refractivity contribution is 6.16. The number of hydrogen-bond acceptors (Lipinski definition) is 5. The summed E-state index contributed by atoms with van der Waals surface area (Å²) in [5, 5.41) is 0. The maximum Gasteiger partial charge on any atom is 0.421 e. The molecule has 0 radical (unpaired) electrons. The van der Waals surface area contributed by atoms with E-state index in [0.717, 1.165) is 6.07 Å². The van der Waals surface area contributed by atoms with Crippen LogP contribution in [0.4, 0.5) is 13.2 Å². The molecule has 0 amide bonds. The SMILES string of the molecule is CO/C=C(/C(=O)OC)c1ccccc1COc1ncccc1C(F)(F)F. The summed E-state index contributed by atoms with van der Waals surface area (Å²) in [6, 6.07) is 8.65. The van der Waals surface area contributed by atoms with E-state index in [-0.39, 0.29) is 12.2 Å². The van der Waals surface area contributed by atoms with E-state index in [9.17, 15) is 18.0 Å². The van der Waals surface area contributed by atoms with E-state index in [1.165, 1.54) is 32.7 Å². The molecule has 0 bridgehead atoms. The number of ether oxygens (including phenoxy) is 3. The Morgan fingerprint density at radius 1 is 1.15 bits per heavy atom. The largest absolute Gasteiger partial charge is 0.503 e. The third kappa shape index (κ3) is 4.53. The van der Waals surface area contributed by atoms with Gasteiger partial charge in [0.25, 0.3) is 0 Å². The molecule has 0 aliphatic heterocycles. The molecule has 0 aliphatic rings. The molecule has 0 atom stereocenters. The van der Waals surface area contributed by atoms with Crippen molar-refractivity contribution in [2.24, 2.45) is 0 Å². The number of halogens is 3. The molecule has 0 saturated carbocycles. The number of nitrogens with zero attached hydrogens (tertiary/aromatic N) is 1. The highest BCUT2D eigenvalue weighted by Gasteiger charge is 2.35. The number of hydrogen-bond donors (Lipinski definition) is 0. The summed E-state index contributed by atoms with van der Waals surface area (Å²) in [6.07, 6.45) is -2.18. The van der Waals surface area contributed by atoms with Gasteiger partial charge in [-0.3, -0.25) is 0 Å². The summed E-state index contributed by atoms with van der Waals surface area (Å²) < 4.78 is 54.0. The normalized spacial score (nSPS) is 11.8. The summed E-state index contributed by atoms with van der Waals surface area (Å²) in [5.41, 5.74) is 0.0371. The molecule has 1 aromatic heterocycles. The molecule has 0 fully saturated rings. The van der Waals surface area contributed by atoms with Gasteiger partial charge in [-0.05, 0) is 23.3 Å². The maximum atomic E-state index is 13.0. The summed E-state index contributed by atoms with van der Waals surface area (Å²) in [6.45, 7) is -0.228. The summed E-state index contributed by atoms with van der Waals surface area (Å²) in [5.74, 6) is -1.18. The zero-order valence-corrected chi connectivity index (χ0v) is 14.0. The summed E-state index contributed by atoms with van der Waals surface area (Å²) in [7, 11) is 2.58. The van der Waals surface area contributed by atoms with Gasteiger partial charge in [0.1, 0.15) is 17.7 Å². The monoisotopic (exact) mass is 367 g/mol. The molecule has 0 N–H and O–H groups in total. The lowest BCUT2D eigenvalue weighted by Gasteiger charge is -2.15. The molecule has 138 valence electrons. The Kier molecular flexibility index (Phi) is 6.21. The van der Waals surface area contributed by atoms with E-state index >= 15 is 0 Å². The van der Waals surface area contributed by atoms with Gasteiger partial charge in [-0.1, -0.05) is 24.3 Å². The van der Waals surface area contributed by atoms with E-state index < -0.39 is 23.6 Å². The number of alkyl halides is 3. The summed E-state index contributed by atoms with van der Waals surface area (Å²) >= 11 is 0. The van der Waals surface area contributed by atoms with Crippen molar-refractivity contribution in [3.05, 3.63) is 65.5 Å². The third-order valence-electron chi connectivity index (χ3n) is 3.39. The van der Waals surface area contributed by atoms with Crippen molar-refractivity contribution in [2.75, 3.05) is 14.2 Å². The molecule has 0 aliphatic carbocycles. The molecular weight excluding hydrogens is 351 g/mol. The van der Waals surface area contributed by atoms with Gasteiger partial charge >= 0.3 is 12.1 Å². The molecule has 0 unspecified atom stereocenters. The minimum atomic E-state index is -4.59. The van der Waals surface area contributed by atoms with E-state index in [0.29, 0.717) is 11.1 Å². The van der Waals surface area contributed by atoms with Gasteiger partial charge in [0, 0.05) is 6.20 Å². The van der Waals surface area contributed by atoms with Crippen LogP contribution in [0.5, 0.6) is 5.88 Å². The van der Waals surface area contributed by atoms with Crippen LogP contribution in [0.25, 0.3) is 5.57 Å². The van der Waals surface area contributed by atoms with Gasteiger partial charge < -0.3 is 14.2 Å². The minimum Gasteiger partial charge on any atom is -0.503 e. The van der Waals surface area contributed by atoms with Crippen molar-refractivity contribution in [2.45, 2.75) is 12.8 Å². The molecule has 0 spiro atoms. The Labute approximate surface area is 148 Å². The van der Waals surface area contributed by atoms with Crippen LogP contribution in [0.2, 0.25) is 0 Å². The predicted molar refractivity (Wildman–Crippen MR) is 87.0 cm³/mol. The van der Waals surface area contributed by atoms with Gasteiger partial charge in [-0.2, -0.15) is 13.2 Å². The fourth-order valence-electron chi connectivity index (χ4n) is 2.23. The van der Waals surface area contributed by atoms with Crippen molar-refractivity contribution < 1.29 is 32.2 Å². The number of esters is 1. The number of benzene rings is 1. The van der Waals surface area contributed by atoms with Gasteiger partial charge in [0.05, 0.1) is 20.5 Å². The highest BCUT2D eigenvalue weighted by atomic mass is 19.4. The van der Waals surface area contributed by atoms with E-state index in [4.69, 9.17) is 14.2 Å². The van der Waals surface area contributed by atoms with Crippen molar-refractivity contribution in [1.29, 1.82) is 0 Å². The second kappa shape index (κ2) is 8.37. The maximum absolute atomic E-state index is 13.0. The first-order chi connectivity index (χ1) is 12.4. The Hall–Kier alpha value is -3.03. The Morgan fingerprint density at radius 3 is 2.54 bits per heavy atom. The first-order valence-electron chi connectivity index (χ1n) is 7.43. The molecule has 1 aromatic carbocycles. The second-order valence-corrected chi connectivity index (χ2v) is 5.06. The number of rotatable bonds is 6. The molecule has 2 rings (SSSR count). The van der Waals surface area contributed by atoms with Crippen LogP contribution in [-0.4, -0.2) is 25.2 Å². The quantitative estimate of drug-likeness (QED) is 0.441. The molecule has 5 nitrogen and oxygen atoms in total. The number of carbonyl (C=O) groups is 1. The molecule has 26 heavy (non-hydrogen) atoms. The van der Waals surface area contributed by atoms with Crippen LogP contribution in [0.1, 0.15) is 16.7 Å². The number of carbonyl (C=O) groups excluding carboxylic acids is 1. The van der Waals surface area contributed by atoms with Crippen LogP contribution < -0.4 is 4.74 Å². The Bertz CT molecular complexity index is 803. The minimum absolute atomic E-state index is 0.117. The number of aromatic nitrogens is 1. The van der Waals surface area contributed by atoms with Crippen LogP contribution in [-0.2, 0) is 27.1 Å². The van der Waals surface area contributed by atoms with Gasteiger partial charge in [-0.15, -0.1) is 0 Å². The van der Waals surface area contributed by atoms with Crippen LogP contribution >= 0.6 is 0 Å². The number of pyridine rings is 1. The topological polar surface area (TPSA) is 57.7 Å². The molecule has 0 saturated heterocycles. The van der Waals surface area contributed by atoms with Crippen LogP contribution in [0, 0.1) is 0 Å². The fourth-order valence-corrected chi connectivity index (χ4v) is 2.23. The van der Waals surface area contributed by atoms with Gasteiger partial charge in [0.2, 0.25) is 5.88 Å². The lowest BCUT2D eigenvalue weighted by molar-refractivity contribution is -0.139. The van der Waals surface area contributed by atoms with Crippen molar-refractivity contribution in [1.82, 2.24) is 4.98 Å². The molecule has 1 heterocycles.